The smallest absolute Gasteiger partial charge is 0.254 e. The lowest BCUT2D eigenvalue weighted by molar-refractivity contribution is 0.0952. The maximum atomic E-state index is 13.3. The molecule has 1 rings (SSSR count). The molecule has 0 aliphatic carbocycles. The first-order valence-corrected chi connectivity index (χ1v) is 6.82. The quantitative estimate of drug-likeness (QED) is 0.789. The molecule has 4 nitrogen and oxygen atoms in total. The molecule has 0 aromatic heterocycles. The van der Waals surface area contributed by atoms with Crippen molar-refractivity contribution in [3.63, 3.8) is 0 Å². The summed E-state index contributed by atoms with van der Waals surface area (Å²) >= 11 is 0. The number of nitrogens with one attached hydrogen (secondary N) is 1. The highest BCUT2D eigenvalue weighted by atomic mass is 32.2. The Hall–Kier alpha value is -1.50. The van der Waals surface area contributed by atoms with Crippen molar-refractivity contribution in [1.82, 2.24) is 5.32 Å². The van der Waals surface area contributed by atoms with Crippen LogP contribution in [0, 0.1) is 11.6 Å². The lowest BCUT2D eigenvalue weighted by Gasteiger charge is -2.07. The molecule has 1 aromatic carbocycles. The van der Waals surface area contributed by atoms with E-state index in [1.165, 1.54) is 0 Å². The number of amides is 1. The highest BCUT2D eigenvalue weighted by Crippen LogP contribution is 2.16. The number of carbonyl (C=O) groups is 1. The van der Waals surface area contributed by atoms with Crippen LogP contribution in [0.2, 0.25) is 0 Å². The van der Waals surface area contributed by atoms with E-state index < -0.39 is 28.3 Å². The minimum Gasteiger partial charge on any atom is -0.396 e. The van der Waals surface area contributed by atoms with Gasteiger partial charge in [0.1, 0.15) is 11.6 Å². The average Bonchev–Trinajstić information content (AvgIpc) is 2.33. The van der Waals surface area contributed by atoms with Crippen LogP contribution in [-0.4, -0.2) is 28.2 Å². The second-order valence-corrected chi connectivity index (χ2v) is 5.41. The van der Waals surface area contributed by atoms with Gasteiger partial charge in [0.25, 0.3) is 5.91 Å². The van der Waals surface area contributed by atoms with Gasteiger partial charge >= 0.3 is 0 Å². The highest BCUT2D eigenvalue weighted by molar-refractivity contribution is 7.84. The van der Waals surface area contributed by atoms with Crippen LogP contribution in [0.4, 0.5) is 14.5 Å². The van der Waals surface area contributed by atoms with Crippen molar-refractivity contribution in [3.05, 3.63) is 29.3 Å². The third kappa shape index (κ3) is 3.76. The Morgan fingerprint density at radius 2 is 2.06 bits per heavy atom. The van der Waals surface area contributed by atoms with Crippen molar-refractivity contribution in [3.8, 4) is 0 Å². The van der Waals surface area contributed by atoms with Gasteiger partial charge in [-0.2, -0.15) is 0 Å². The van der Waals surface area contributed by atoms with E-state index in [1.807, 2.05) is 0 Å². The van der Waals surface area contributed by atoms with Gasteiger partial charge in [0.05, 0.1) is 11.3 Å². The summed E-state index contributed by atoms with van der Waals surface area (Å²) in [7, 11) is -1.01. The molecule has 0 heterocycles. The van der Waals surface area contributed by atoms with E-state index >= 15 is 0 Å². The summed E-state index contributed by atoms with van der Waals surface area (Å²) < 4.78 is 37.3. The van der Waals surface area contributed by atoms with Gasteiger partial charge in [-0.3, -0.25) is 9.00 Å². The van der Waals surface area contributed by atoms with E-state index in [9.17, 15) is 17.8 Å². The SMILES string of the molecule is CCS(=O)CCNC(=O)c1cc(N)c(F)cc1F. The van der Waals surface area contributed by atoms with E-state index in [1.54, 1.807) is 6.92 Å². The van der Waals surface area contributed by atoms with E-state index in [2.05, 4.69) is 5.32 Å². The summed E-state index contributed by atoms with van der Waals surface area (Å²) in [6.07, 6.45) is 0. The molecule has 0 spiro atoms. The van der Waals surface area contributed by atoms with Gasteiger partial charge < -0.3 is 11.1 Å². The molecular weight excluding hydrogens is 262 g/mol. The summed E-state index contributed by atoms with van der Waals surface area (Å²) in [4.78, 5) is 11.6. The van der Waals surface area contributed by atoms with Crippen LogP contribution in [0.25, 0.3) is 0 Å². The zero-order valence-electron chi connectivity index (χ0n) is 9.83. The normalized spacial score (nSPS) is 12.2. The minimum absolute atomic E-state index is 0.163. The Morgan fingerprint density at radius 3 is 2.67 bits per heavy atom. The Bertz CT molecular complexity index is 480. The molecule has 7 heteroatoms. The van der Waals surface area contributed by atoms with Crippen molar-refractivity contribution in [2.45, 2.75) is 6.92 Å². The molecule has 0 radical (unpaired) electrons. The zero-order valence-corrected chi connectivity index (χ0v) is 10.7. The van der Waals surface area contributed by atoms with Gasteiger partial charge in [-0.05, 0) is 6.07 Å². The minimum atomic E-state index is -1.01. The molecular formula is C11H14F2N2O2S. The molecule has 100 valence electrons. The Morgan fingerprint density at radius 1 is 1.39 bits per heavy atom. The molecule has 0 fully saturated rings. The first-order chi connectivity index (χ1) is 8.45. The summed E-state index contributed by atoms with van der Waals surface area (Å²) in [6, 6.07) is 1.51. The van der Waals surface area contributed by atoms with E-state index in [4.69, 9.17) is 5.73 Å². The van der Waals surface area contributed by atoms with Crippen LogP contribution in [0.15, 0.2) is 12.1 Å². The number of nitrogens with two attached hydrogens (primary N) is 1. The van der Waals surface area contributed by atoms with E-state index in [-0.39, 0.29) is 17.8 Å². The fourth-order valence-electron chi connectivity index (χ4n) is 1.26. The number of carbonyl (C=O) groups excluding carboxylic acids is 1. The maximum Gasteiger partial charge on any atom is 0.254 e. The van der Waals surface area contributed by atoms with Crippen LogP contribution in [0.3, 0.4) is 0 Å². The summed E-state index contributed by atoms with van der Waals surface area (Å²) in [5.74, 6) is -1.80. The topological polar surface area (TPSA) is 72.2 Å². The van der Waals surface area contributed by atoms with Crippen molar-refractivity contribution in [1.29, 1.82) is 0 Å². The lowest BCUT2D eigenvalue weighted by atomic mass is 10.1. The fourth-order valence-corrected chi connectivity index (χ4v) is 1.88. The van der Waals surface area contributed by atoms with E-state index in [0.717, 1.165) is 6.07 Å². The average molecular weight is 276 g/mol. The molecule has 0 aliphatic heterocycles. The number of halogens is 2. The van der Waals surface area contributed by atoms with Crippen molar-refractivity contribution in [2.24, 2.45) is 0 Å². The number of anilines is 1. The Labute approximate surface area is 106 Å². The second-order valence-electron chi connectivity index (χ2n) is 3.54. The van der Waals surface area contributed by atoms with E-state index in [0.29, 0.717) is 17.6 Å². The first-order valence-electron chi connectivity index (χ1n) is 5.33. The van der Waals surface area contributed by atoms with Crippen LogP contribution in [0.5, 0.6) is 0 Å². The predicted molar refractivity (Wildman–Crippen MR) is 66.7 cm³/mol. The van der Waals surface area contributed by atoms with Crippen LogP contribution in [-0.2, 0) is 10.8 Å². The first kappa shape index (κ1) is 14.6. The summed E-state index contributed by atoms with van der Waals surface area (Å²) in [5, 5.41) is 2.40. The summed E-state index contributed by atoms with van der Waals surface area (Å²) in [6.45, 7) is 1.92. The highest BCUT2D eigenvalue weighted by Gasteiger charge is 2.14. The van der Waals surface area contributed by atoms with Crippen LogP contribution >= 0.6 is 0 Å². The molecule has 0 bridgehead atoms. The largest absolute Gasteiger partial charge is 0.396 e. The molecule has 18 heavy (non-hydrogen) atoms. The monoisotopic (exact) mass is 276 g/mol. The van der Waals surface area contributed by atoms with Crippen LogP contribution in [0.1, 0.15) is 17.3 Å². The molecule has 0 aliphatic rings. The van der Waals surface area contributed by atoms with Crippen molar-refractivity contribution in [2.75, 3.05) is 23.8 Å². The Kier molecular flexibility index (Phi) is 5.21. The molecule has 0 saturated carbocycles. The predicted octanol–water partition coefficient (Wildman–Crippen LogP) is 1.05. The molecule has 3 N–H and O–H groups in total. The summed E-state index contributed by atoms with van der Waals surface area (Å²) in [5.41, 5.74) is 4.64. The number of hydrogen-bond donors (Lipinski definition) is 2. The van der Waals surface area contributed by atoms with Gasteiger partial charge in [-0.15, -0.1) is 0 Å². The van der Waals surface area contributed by atoms with Gasteiger partial charge in [0.2, 0.25) is 0 Å². The molecule has 1 atom stereocenters. The van der Waals surface area contributed by atoms with Gasteiger partial charge in [0.15, 0.2) is 0 Å². The standard InChI is InChI=1S/C11H14F2N2O2S/c1-2-18(17)4-3-15-11(16)7-5-10(14)9(13)6-8(7)12/h5-6H,2-4,14H2,1H3,(H,15,16). The molecule has 1 amide bonds. The Balaban J connectivity index is 2.67. The number of hydrogen-bond acceptors (Lipinski definition) is 3. The molecule has 1 aromatic rings. The van der Waals surface area contributed by atoms with Gasteiger partial charge in [-0.25, -0.2) is 8.78 Å². The third-order valence-corrected chi connectivity index (χ3v) is 3.57. The zero-order chi connectivity index (χ0) is 13.7. The van der Waals surface area contributed by atoms with Crippen molar-refractivity contribution < 1.29 is 17.8 Å². The molecule has 0 saturated heterocycles. The fraction of sp³-hybridized carbons (Fsp3) is 0.364. The second kappa shape index (κ2) is 6.44. The van der Waals surface area contributed by atoms with Crippen LogP contribution < -0.4 is 11.1 Å². The van der Waals surface area contributed by atoms with Gasteiger partial charge in [0, 0.05) is 34.9 Å². The number of benzene rings is 1. The number of rotatable bonds is 5. The number of nitrogen functional groups attached to an aromatic ring is 1. The van der Waals surface area contributed by atoms with Crippen molar-refractivity contribution >= 4 is 22.4 Å². The molecule has 1 unspecified atom stereocenters. The maximum absolute atomic E-state index is 13.3. The third-order valence-electron chi connectivity index (χ3n) is 2.27. The lowest BCUT2D eigenvalue weighted by Crippen LogP contribution is -2.28. The van der Waals surface area contributed by atoms with Gasteiger partial charge in [-0.1, -0.05) is 6.92 Å².